The quantitative estimate of drug-likeness (QED) is 0.680. The van der Waals surface area contributed by atoms with E-state index in [1.165, 1.54) is 21.1 Å². The summed E-state index contributed by atoms with van der Waals surface area (Å²) in [4.78, 5) is 24.2. The molecule has 1 aromatic carbocycles. The number of nitrogens with one attached hydrogen (secondary N) is 1. The minimum atomic E-state index is -3.09. The Labute approximate surface area is 152 Å². The second-order valence-corrected chi connectivity index (χ2v) is 8.32. The zero-order chi connectivity index (χ0) is 19.3. The minimum Gasteiger partial charge on any atom is -0.497 e. The summed E-state index contributed by atoms with van der Waals surface area (Å²) in [5.41, 5.74) is 0.604. The maximum atomic E-state index is 12.1. The molecule has 0 saturated carbocycles. The topological polar surface area (TPSA) is 108 Å². The number of carbonyl (C=O) groups is 2. The molecular weight excluding hydrogens is 362 g/mol. The lowest BCUT2D eigenvalue weighted by Gasteiger charge is -2.17. The molecule has 1 amide bonds. The normalized spacial score (nSPS) is 19.4. The van der Waals surface area contributed by atoms with Crippen LogP contribution in [0.2, 0.25) is 0 Å². The molecule has 1 heterocycles. The van der Waals surface area contributed by atoms with Crippen LogP contribution in [-0.4, -0.2) is 58.2 Å². The van der Waals surface area contributed by atoms with Crippen LogP contribution in [0.1, 0.15) is 18.9 Å². The number of hydrogen-bond donors (Lipinski definition) is 1. The number of sulfone groups is 1. The SMILES string of the molecule is COc1ccc(CC(=O)O[C@@H](C)C(=O)N[C@H]2CCS(=O)(=O)C2)c(OC)c1. The van der Waals surface area contributed by atoms with Crippen LogP contribution in [0, 0.1) is 0 Å². The summed E-state index contributed by atoms with van der Waals surface area (Å²) in [6, 6.07) is 4.60. The maximum absolute atomic E-state index is 12.1. The van der Waals surface area contributed by atoms with Gasteiger partial charge in [0.15, 0.2) is 15.9 Å². The second-order valence-electron chi connectivity index (χ2n) is 6.10. The maximum Gasteiger partial charge on any atom is 0.311 e. The van der Waals surface area contributed by atoms with Crippen molar-refractivity contribution in [2.24, 2.45) is 0 Å². The number of carbonyl (C=O) groups excluding carboxylic acids is 2. The molecule has 0 unspecified atom stereocenters. The van der Waals surface area contributed by atoms with Crippen molar-refractivity contribution in [2.75, 3.05) is 25.7 Å². The van der Waals surface area contributed by atoms with Gasteiger partial charge < -0.3 is 19.5 Å². The highest BCUT2D eigenvalue weighted by atomic mass is 32.2. The predicted molar refractivity (Wildman–Crippen MR) is 94.0 cm³/mol. The Hall–Kier alpha value is -2.29. The monoisotopic (exact) mass is 385 g/mol. The van der Waals surface area contributed by atoms with Crippen LogP contribution in [0.15, 0.2) is 18.2 Å². The number of esters is 1. The predicted octanol–water partition coefficient (Wildman–Crippen LogP) is 0.481. The van der Waals surface area contributed by atoms with Crippen LogP contribution >= 0.6 is 0 Å². The third-order valence-electron chi connectivity index (χ3n) is 4.09. The first-order chi connectivity index (χ1) is 12.2. The molecule has 0 bridgehead atoms. The van der Waals surface area contributed by atoms with Gasteiger partial charge >= 0.3 is 5.97 Å². The molecule has 0 radical (unpaired) electrons. The molecule has 0 spiro atoms. The number of hydrogen-bond acceptors (Lipinski definition) is 7. The van der Waals surface area contributed by atoms with E-state index in [0.717, 1.165) is 0 Å². The van der Waals surface area contributed by atoms with Crippen molar-refractivity contribution in [3.63, 3.8) is 0 Å². The van der Waals surface area contributed by atoms with Gasteiger partial charge in [-0.15, -0.1) is 0 Å². The summed E-state index contributed by atoms with van der Waals surface area (Å²) >= 11 is 0. The van der Waals surface area contributed by atoms with Crippen LogP contribution in [0.5, 0.6) is 11.5 Å². The van der Waals surface area contributed by atoms with E-state index < -0.39 is 33.9 Å². The minimum absolute atomic E-state index is 0.0589. The number of ether oxygens (including phenoxy) is 3. The standard InChI is InChI=1S/C17H23NO7S/c1-11(17(20)18-13-6-7-26(21,22)10-13)25-16(19)8-12-4-5-14(23-2)9-15(12)24-3/h4-5,9,11,13H,6-8,10H2,1-3H3,(H,18,20)/t11-,13-/m0/s1. The van der Waals surface area contributed by atoms with Gasteiger partial charge in [-0.2, -0.15) is 0 Å². The summed E-state index contributed by atoms with van der Waals surface area (Å²) < 4.78 is 38.3. The van der Waals surface area contributed by atoms with Crippen LogP contribution in [-0.2, 0) is 30.6 Å². The fourth-order valence-corrected chi connectivity index (χ4v) is 4.35. The van der Waals surface area contributed by atoms with Gasteiger partial charge in [0.25, 0.3) is 5.91 Å². The summed E-state index contributed by atoms with van der Waals surface area (Å²) in [6.07, 6.45) is -0.713. The van der Waals surface area contributed by atoms with Gasteiger partial charge in [0, 0.05) is 17.7 Å². The molecule has 1 saturated heterocycles. The lowest BCUT2D eigenvalue weighted by atomic mass is 10.1. The van der Waals surface area contributed by atoms with Crippen LogP contribution in [0.4, 0.5) is 0 Å². The Morgan fingerprint density at radius 2 is 2.00 bits per heavy atom. The number of amides is 1. The Kier molecular flexibility index (Phi) is 6.47. The number of methoxy groups -OCH3 is 2. The molecular formula is C17H23NO7S. The first-order valence-electron chi connectivity index (χ1n) is 8.15. The highest BCUT2D eigenvalue weighted by molar-refractivity contribution is 7.91. The van der Waals surface area contributed by atoms with Gasteiger partial charge in [0.05, 0.1) is 32.1 Å². The van der Waals surface area contributed by atoms with Gasteiger partial charge in [0.1, 0.15) is 11.5 Å². The van der Waals surface area contributed by atoms with Crippen molar-refractivity contribution >= 4 is 21.7 Å². The molecule has 1 N–H and O–H groups in total. The molecule has 1 aromatic rings. The third-order valence-corrected chi connectivity index (χ3v) is 5.85. The smallest absolute Gasteiger partial charge is 0.311 e. The molecule has 1 fully saturated rings. The molecule has 9 heteroatoms. The van der Waals surface area contributed by atoms with E-state index in [1.54, 1.807) is 18.2 Å². The lowest BCUT2D eigenvalue weighted by molar-refractivity contribution is -0.154. The van der Waals surface area contributed by atoms with Gasteiger partial charge in [-0.3, -0.25) is 9.59 Å². The molecule has 2 atom stereocenters. The van der Waals surface area contributed by atoms with Crippen molar-refractivity contribution in [2.45, 2.75) is 31.9 Å². The molecule has 8 nitrogen and oxygen atoms in total. The van der Waals surface area contributed by atoms with Gasteiger partial charge in [-0.05, 0) is 19.4 Å². The molecule has 0 aromatic heterocycles. The van der Waals surface area contributed by atoms with E-state index in [1.807, 2.05) is 0 Å². The van der Waals surface area contributed by atoms with Crippen molar-refractivity contribution in [3.8, 4) is 11.5 Å². The third kappa shape index (κ3) is 5.35. The van der Waals surface area contributed by atoms with Crippen molar-refractivity contribution < 1.29 is 32.2 Å². The zero-order valence-electron chi connectivity index (χ0n) is 15.0. The van der Waals surface area contributed by atoms with E-state index in [4.69, 9.17) is 14.2 Å². The van der Waals surface area contributed by atoms with Crippen LogP contribution in [0.25, 0.3) is 0 Å². The zero-order valence-corrected chi connectivity index (χ0v) is 15.8. The molecule has 1 aliphatic heterocycles. The highest BCUT2D eigenvalue weighted by Crippen LogP contribution is 2.25. The van der Waals surface area contributed by atoms with Crippen LogP contribution < -0.4 is 14.8 Å². The van der Waals surface area contributed by atoms with Gasteiger partial charge in [-0.25, -0.2) is 8.42 Å². The molecule has 0 aliphatic carbocycles. The fourth-order valence-electron chi connectivity index (χ4n) is 2.67. The van der Waals surface area contributed by atoms with E-state index >= 15 is 0 Å². The van der Waals surface area contributed by atoms with Crippen molar-refractivity contribution in [3.05, 3.63) is 23.8 Å². The molecule has 1 aliphatic rings. The summed E-state index contributed by atoms with van der Waals surface area (Å²) in [6.45, 7) is 1.45. The number of rotatable bonds is 7. The van der Waals surface area contributed by atoms with Crippen molar-refractivity contribution in [1.29, 1.82) is 0 Å². The Morgan fingerprint density at radius 3 is 2.58 bits per heavy atom. The first kappa shape index (κ1) is 20.0. The largest absolute Gasteiger partial charge is 0.497 e. The Bertz CT molecular complexity index is 775. The fraction of sp³-hybridized carbons (Fsp3) is 0.529. The van der Waals surface area contributed by atoms with E-state index in [-0.39, 0.29) is 17.9 Å². The molecule has 144 valence electrons. The average molecular weight is 385 g/mol. The summed E-state index contributed by atoms with van der Waals surface area (Å²) in [5, 5.41) is 2.60. The van der Waals surface area contributed by atoms with Gasteiger partial charge in [0.2, 0.25) is 0 Å². The number of benzene rings is 1. The summed E-state index contributed by atoms with van der Waals surface area (Å²) in [7, 11) is -0.0828. The van der Waals surface area contributed by atoms with Gasteiger partial charge in [-0.1, -0.05) is 6.07 Å². The second kappa shape index (κ2) is 8.39. The molecule has 2 rings (SSSR count). The van der Waals surface area contributed by atoms with E-state index in [9.17, 15) is 18.0 Å². The van der Waals surface area contributed by atoms with E-state index in [0.29, 0.717) is 23.5 Å². The molecule has 26 heavy (non-hydrogen) atoms. The Balaban J connectivity index is 1.89. The van der Waals surface area contributed by atoms with Crippen molar-refractivity contribution in [1.82, 2.24) is 5.32 Å². The summed E-state index contributed by atoms with van der Waals surface area (Å²) in [5.74, 6) is -0.0450. The van der Waals surface area contributed by atoms with E-state index in [2.05, 4.69) is 5.32 Å². The average Bonchev–Trinajstić information content (AvgIpc) is 2.93. The first-order valence-corrected chi connectivity index (χ1v) is 9.97. The lowest BCUT2D eigenvalue weighted by Crippen LogP contribution is -2.42. The van der Waals surface area contributed by atoms with Crippen LogP contribution in [0.3, 0.4) is 0 Å². The Morgan fingerprint density at radius 1 is 1.27 bits per heavy atom. The highest BCUT2D eigenvalue weighted by Gasteiger charge is 2.30.